The van der Waals surface area contributed by atoms with Crippen LogP contribution in [-0.2, 0) is 21.2 Å². The van der Waals surface area contributed by atoms with E-state index in [0.29, 0.717) is 13.0 Å². The van der Waals surface area contributed by atoms with Crippen molar-refractivity contribution in [2.75, 3.05) is 22.3 Å². The average molecular weight is 428 g/mol. The molecule has 3 aromatic carbocycles. The molecule has 0 spiro atoms. The molecular weight excluding hydrogens is 410 g/mol. The Morgan fingerprint density at radius 3 is 2.17 bits per heavy atom. The highest BCUT2D eigenvalue weighted by Crippen LogP contribution is 2.29. The number of hydrogen-bond donors (Lipinski definition) is 0. The summed E-state index contributed by atoms with van der Waals surface area (Å²) in [4.78, 5) is 14.5. The van der Waals surface area contributed by atoms with Crippen molar-refractivity contribution in [3.05, 3.63) is 90.0 Å². The van der Waals surface area contributed by atoms with E-state index in [1.54, 1.807) is 4.90 Å². The molecule has 1 heterocycles. The SMILES string of the molecule is O=C(CN(c1ccc(F)cc1)S(=O)(=O)c1ccc(F)cc1)N1CCc2ccccc21. The lowest BCUT2D eigenvalue weighted by atomic mass is 10.2. The lowest BCUT2D eigenvalue weighted by Gasteiger charge is -2.27. The van der Waals surface area contributed by atoms with E-state index in [4.69, 9.17) is 0 Å². The maximum atomic E-state index is 13.4. The van der Waals surface area contributed by atoms with Crippen LogP contribution in [0.15, 0.2) is 77.7 Å². The Bertz CT molecular complexity index is 1180. The van der Waals surface area contributed by atoms with Crippen LogP contribution in [0, 0.1) is 11.6 Å². The Labute approximate surface area is 173 Å². The molecule has 0 unspecified atom stereocenters. The molecule has 8 heteroatoms. The quantitative estimate of drug-likeness (QED) is 0.622. The van der Waals surface area contributed by atoms with Gasteiger partial charge in [0.25, 0.3) is 10.0 Å². The number of anilines is 2. The van der Waals surface area contributed by atoms with E-state index in [-0.39, 0.29) is 10.6 Å². The summed E-state index contributed by atoms with van der Waals surface area (Å²) in [5, 5.41) is 0. The number of hydrogen-bond acceptors (Lipinski definition) is 3. The van der Waals surface area contributed by atoms with Gasteiger partial charge in [0.2, 0.25) is 5.91 Å². The van der Waals surface area contributed by atoms with Crippen LogP contribution in [0.3, 0.4) is 0 Å². The number of amides is 1. The lowest BCUT2D eigenvalue weighted by Crippen LogP contribution is -2.42. The molecule has 1 aliphatic rings. The molecule has 0 bridgehead atoms. The van der Waals surface area contributed by atoms with Gasteiger partial charge in [-0.25, -0.2) is 17.2 Å². The molecule has 1 amide bonds. The normalized spacial score (nSPS) is 13.2. The molecule has 0 N–H and O–H groups in total. The minimum Gasteiger partial charge on any atom is -0.310 e. The van der Waals surface area contributed by atoms with E-state index < -0.39 is 34.1 Å². The first-order chi connectivity index (χ1) is 14.4. The zero-order chi connectivity index (χ0) is 21.3. The number of sulfonamides is 1. The van der Waals surface area contributed by atoms with Crippen molar-refractivity contribution in [2.45, 2.75) is 11.3 Å². The van der Waals surface area contributed by atoms with Crippen molar-refractivity contribution in [3.63, 3.8) is 0 Å². The van der Waals surface area contributed by atoms with Crippen LogP contribution < -0.4 is 9.21 Å². The number of benzene rings is 3. The maximum Gasteiger partial charge on any atom is 0.264 e. The maximum absolute atomic E-state index is 13.4. The molecule has 1 aliphatic heterocycles. The Morgan fingerprint density at radius 1 is 0.900 bits per heavy atom. The minimum absolute atomic E-state index is 0.140. The third kappa shape index (κ3) is 3.78. The summed E-state index contributed by atoms with van der Waals surface area (Å²) in [7, 11) is -4.19. The van der Waals surface area contributed by atoms with Crippen LogP contribution >= 0.6 is 0 Å². The second-order valence-electron chi connectivity index (χ2n) is 6.87. The largest absolute Gasteiger partial charge is 0.310 e. The number of rotatable bonds is 5. The Hall–Kier alpha value is -3.26. The van der Waals surface area contributed by atoms with E-state index in [0.717, 1.165) is 52.0 Å². The van der Waals surface area contributed by atoms with E-state index >= 15 is 0 Å². The number of halogens is 2. The van der Waals surface area contributed by atoms with Gasteiger partial charge in [-0.1, -0.05) is 18.2 Å². The van der Waals surface area contributed by atoms with Gasteiger partial charge in [0, 0.05) is 12.2 Å². The van der Waals surface area contributed by atoms with Gasteiger partial charge in [-0.15, -0.1) is 0 Å². The zero-order valence-corrected chi connectivity index (χ0v) is 16.6. The smallest absolute Gasteiger partial charge is 0.264 e. The molecule has 0 fully saturated rings. The summed E-state index contributed by atoms with van der Waals surface area (Å²) in [6.45, 7) is -0.0221. The first kappa shape index (κ1) is 20.0. The third-order valence-corrected chi connectivity index (χ3v) is 6.77. The van der Waals surface area contributed by atoms with Crippen LogP contribution in [0.4, 0.5) is 20.2 Å². The summed E-state index contributed by atoms with van der Waals surface area (Å²) in [6, 6.07) is 16.6. The molecule has 5 nitrogen and oxygen atoms in total. The molecule has 154 valence electrons. The molecule has 0 aliphatic carbocycles. The van der Waals surface area contributed by atoms with Crippen molar-refractivity contribution in [1.82, 2.24) is 0 Å². The molecule has 3 aromatic rings. The lowest BCUT2D eigenvalue weighted by molar-refractivity contribution is -0.117. The molecule has 0 aromatic heterocycles. The Balaban J connectivity index is 1.70. The third-order valence-electron chi connectivity index (χ3n) is 4.98. The van der Waals surface area contributed by atoms with Gasteiger partial charge in [-0.2, -0.15) is 0 Å². The van der Waals surface area contributed by atoms with Crippen LogP contribution in [-0.4, -0.2) is 27.4 Å². The highest BCUT2D eigenvalue weighted by molar-refractivity contribution is 7.92. The van der Waals surface area contributed by atoms with E-state index in [1.165, 1.54) is 12.1 Å². The van der Waals surface area contributed by atoms with Crippen molar-refractivity contribution in [2.24, 2.45) is 0 Å². The summed E-state index contributed by atoms with van der Waals surface area (Å²) >= 11 is 0. The zero-order valence-electron chi connectivity index (χ0n) is 15.8. The number of carbonyl (C=O) groups is 1. The van der Waals surface area contributed by atoms with Crippen molar-refractivity contribution in [1.29, 1.82) is 0 Å². The number of carbonyl (C=O) groups excluding carboxylic acids is 1. The van der Waals surface area contributed by atoms with Gasteiger partial charge in [0.05, 0.1) is 10.6 Å². The standard InChI is InChI=1S/C22H18F2N2O3S/c23-17-5-9-19(10-6-17)26(30(28,29)20-11-7-18(24)8-12-20)15-22(27)25-14-13-16-3-1-2-4-21(16)25/h1-12H,13-15H2. The molecule has 4 rings (SSSR count). The van der Waals surface area contributed by atoms with Crippen molar-refractivity contribution >= 4 is 27.3 Å². The van der Waals surface area contributed by atoms with Crippen LogP contribution in [0.5, 0.6) is 0 Å². The monoisotopic (exact) mass is 428 g/mol. The van der Waals surface area contributed by atoms with Gasteiger partial charge in [-0.05, 0) is 66.6 Å². The highest BCUT2D eigenvalue weighted by Gasteiger charge is 2.31. The summed E-state index contributed by atoms with van der Waals surface area (Å²) in [5.74, 6) is -1.51. The van der Waals surface area contributed by atoms with Gasteiger partial charge < -0.3 is 4.90 Å². The highest BCUT2D eigenvalue weighted by atomic mass is 32.2. The van der Waals surface area contributed by atoms with Crippen molar-refractivity contribution in [3.8, 4) is 0 Å². The van der Waals surface area contributed by atoms with Crippen molar-refractivity contribution < 1.29 is 22.0 Å². The number of fused-ring (bicyclic) bond motifs is 1. The van der Waals surface area contributed by atoms with E-state index in [1.807, 2.05) is 24.3 Å². The second-order valence-corrected chi connectivity index (χ2v) is 8.73. The van der Waals surface area contributed by atoms with Crippen LogP contribution in [0.25, 0.3) is 0 Å². The predicted molar refractivity (Wildman–Crippen MR) is 110 cm³/mol. The molecule has 0 atom stereocenters. The molecule has 30 heavy (non-hydrogen) atoms. The Kier molecular flexibility index (Phi) is 5.26. The minimum atomic E-state index is -4.19. The summed E-state index contributed by atoms with van der Waals surface area (Å²) < 4.78 is 54.1. The molecule has 0 saturated carbocycles. The molecular formula is C22H18F2N2O3S. The average Bonchev–Trinajstić information content (AvgIpc) is 3.17. The first-order valence-electron chi connectivity index (χ1n) is 9.28. The van der Waals surface area contributed by atoms with Gasteiger partial charge in [0.1, 0.15) is 18.2 Å². The fourth-order valence-corrected chi connectivity index (χ4v) is 4.88. The molecule has 0 saturated heterocycles. The second kappa shape index (κ2) is 7.87. The topological polar surface area (TPSA) is 57.7 Å². The summed E-state index contributed by atoms with van der Waals surface area (Å²) in [6.07, 6.45) is 0.684. The van der Waals surface area contributed by atoms with Gasteiger partial charge in [0.15, 0.2) is 0 Å². The predicted octanol–water partition coefficient (Wildman–Crippen LogP) is 3.75. The number of para-hydroxylation sites is 1. The fourth-order valence-electron chi connectivity index (χ4n) is 3.46. The Morgan fingerprint density at radius 2 is 1.50 bits per heavy atom. The van der Waals surface area contributed by atoms with Crippen LogP contribution in [0.2, 0.25) is 0 Å². The van der Waals surface area contributed by atoms with Gasteiger partial charge in [-0.3, -0.25) is 9.10 Å². The van der Waals surface area contributed by atoms with E-state index in [9.17, 15) is 22.0 Å². The number of nitrogens with zero attached hydrogens (tertiary/aromatic N) is 2. The molecule has 0 radical (unpaired) electrons. The fraction of sp³-hybridized carbons (Fsp3) is 0.136. The van der Waals surface area contributed by atoms with E-state index in [2.05, 4.69) is 0 Å². The summed E-state index contributed by atoms with van der Waals surface area (Å²) in [5.41, 5.74) is 1.91. The van der Waals surface area contributed by atoms with Crippen LogP contribution in [0.1, 0.15) is 5.56 Å². The first-order valence-corrected chi connectivity index (χ1v) is 10.7. The van der Waals surface area contributed by atoms with Gasteiger partial charge >= 0.3 is 0 Å².